The van der Waals surface area contributed by atoms with Crippen molar-refractivity contribution in [2.45, 2.75) is 6.92 Å². The molecule has 4 heteroatoms. The van der Waals surface area contributed by atoms with E-state index >= 15 is 0 Å². The molecule has 0 heterocycles. The Kier molecular flexibility index (Phi) is 5.01. The zero-order valence-corrected chi connectivity index (χ0v) is 12.6. The average molecular weight is 302 g/mol. The molecule has 0 aromatic heterocycles. The Morgan fingerprint density at radius 3 is 2.52 bits per heavy atom. The number of hydrogen-bond acceptors (Lipinski definition) is 2. The Labute approximate surface area is 129 Å². The smallest absolute Gasteiger partial charge is 0.248 e. The second kappa shape index (κ2) is 6.95. The second-order valence-corrected chi connectivity index (χ2v) is 4.99. The second-order valence-electron chi connectivity index (χ2n) is 4.56. The van der Waals surface area contributed by atoms with Crippen LogP contribution in [0.4, 0.5) is 5.69 Å². The number of halogens is 1. The van der Waals surface area contributed by atoms with Gasteiger partial charge in [0.2, 0.25) is 5.91 Å². The minimum atomic E-state index is -0.189. The summed E-state index contributed by atoms with van der Waals surface area (Å²) in [5.41, 5.74) is 2.68. The molecule has 0 aliphatic heterocycles. The molecule has 0 atom stereocenters. The molecule has 0 fully saturated rings. The van der Waals surface area contributed by atoms with E-state index < -0.39 is 0 Å². The average Bonchev–Trinajstić information content (AvgIpc) is 2.48. The molecular formula is C17H16ClNO2. The zero-order chi connectivity index (χ0) is 15.2. The number of carbonyl (C=O) groups excluding carboxylic acids is 1. The highest BCUT2D eigenvalue weighted by Crippen LogP contribution is 2.19. The number of anilines is 1. The van der Waals surface area contributed by atoms with E-state index in [-0.39, 0.29) is 5.91 Å². The van der Waals surface area contributed by atoms with Crippen LogP contribution in [0.5, 0.6) is 5.75 Å². The normalized spacial score (nSPS) is 10.6. The van der Waals surface area contributed by atoms with Crippen LogP contribution >= 0.6 is 11.6 Å². The summed E-state index contributed by atoms with van der Waals surface area (Å²) >= 11 is 5.79. The minimum absolute atomic E-state index is 0.189. The van der Waals surface area contributed by atoms with Crippen molar-refractivity contribution in [2.24, 2.45) is 0 Å². The number of ether oxygens (including phenoxy) is 1. The van der Waals surface area contributed by atoms with Gasteiger partial charge in [0, 0.05) is 16.8 Å². The first kappa shape index (κ1) is 15.1. The van der Waals surface area contributed by atoms with Gasteiger partial charge in [-0.15, -0.1) is 0 Å². The van der Waals surface area contributed by atoms with E-state index in [9.17, 15) is 4.79 Å². The summed E-state index contributed by atoms with van der Waals surface area (Å²) in [5.74, 6) is 0.642. The topological polar surface area (TPSA) is 38.3 Å². The van der Waals surface area contributed by atoms with Crippen molar-refractivity contribution in [1.29, 1.82) is 0 Å². The van der Waals surface area contributed by atoms with Crippen molar-refractivity contribution < 1.29 is 9.53 Å². The van der Waals surface area contributed by atoms with Gasteiger partial charge < -0.3 is 10.1 Å². The van der Waals surface area contributed by atoms with Crippen LogP contribution in [0.15, 0.2) is 48.5 Å². The van der Waals surface area contributed by atoms with Crippen LogP contribution in [-0.4, -0.2) is 13.0 Å². The maximum atomic E-state index is 11.8. The number of rotatable bonds is 4. The summed E-state index contributed by atoms with van der Waals surface area (Å²) in [6, 6.07) is 12.7. The van der Waals surface area contributed by atoms with Crippen LogP contribution in [0.1, 0.15) is 11.1 Å². The van der Waals surface area contributed by atoms with Crippen LogP contribution in [0, 0.1) is 6.92 Å². The number of benzene rings is 2. The third-order valence-corrected chi connectivity index (χ3v) is 3.21. The molecule has 21 heavy (non-hydrogen) atoms. The first-order valence-electron chi connectivity index (χ1n) is 6.48. The zero-order valence-electron chi connectivity index (χ0n) is 11.9. The summed E-state index contributed by atoms with van der Waals surface area (Å²) < 4.78 is 5.20. The van der Waals surface area contributed by atoms with Crippen LogP contribution in [-0.2, 0) is 4.79 Å². The predicted octanol–water partition coefficient (Wildman–Crippen LogP) is 4.31. The van der Waals surface area contributed by atoms with Gasteiger partial charge in [-0.1, -0.05) is 17.7 Å². The van der Waals surface area contributed by atoms with E-state index in [4.69, 9.17) is 16.3 Å². The Morgan fingerprint density at radius 1 is 1.19 bits per heavy atom. The molecule has 0 spiro atoms. The van der Waals surface area contributed by atoms with Crippen molar-refractivity contribution in [2.75, 3.05) is 12.4 Å². The van der Waals surface area contributed by atoms with E-state index in [0.29, 0.717) is 10.7 Å². The van der Waals surface area contributed by atoms with Crippen molar-refractivity contribution in [3.63, 3.8) is 0 Å². The van der Waals surface area contributed by atoms with Gasteiger partial charge >= 0.3 is 0 Å². The van der Waals surface area contributed by atoms with E-state index in [1.165, 1.54) is 6.08 Å². The van der Waals surface area contributed by atoms with Crippen LogP contribution in [0.2, 0.25) is 5.02 Å². The van der Waals surface area contributed by atoms with Gasteiger partial charge in [0.25, 0.3) is 0 Å². The summed E-state index contributed by atoms with van der Waals surface area (Å²) in [7, 11) is 1.64. The molecule has 3 nitrogen and oxygen atoms in total. The molecule has 2 aromatic carbocycles. The molecule has 2 aromatic rings. The van der Waals surface area contributed by atoms with Gasteiger partial charge in [0.15, 0.2) is 0 Å². The molecule has 0 aliphatic carbocycles. The molecular weight excluding hydrogens is 286 g/mol. The first-order valence-corrected chi connectivity index (χ1v) is 6.85. The SMILES string of the molecule is COc1ccc(C=CC(=O)Nc2ccc(Cl)cc2)cc1C. The molecule has 1 amide bonds. The molecule has 1 N–H and O–H groups in total. The molecule has 0 unspecified atom stereocenters. The number of amides is 1. The fraction of sp³-hybridized carbons (Fsp3) is 0.118. The van der Waals surface area contributed by atoms with Crippen molar-refractivity contribution in [3.8, 4) is 5.75 Å². The van der Waals surface area contributed by atoms with Crippen molar-refractivity contribution in [3.05, 3.63) is 64.7 Å². The lowest BCUT2D eigenvalue weighted by atomic mass is 10.1. The largest absolute Gasteiger partial charge is 0.496 e. The quantitative estimate of drug-likeness (QED) is 0.855. The number of carbonyl (C=O) groups is 1. The van der Waals surface area contributed by atoms with Gasteiger partial charge in [-0.2, -0.15) is 0 Å². The summed E-state index contributed by atoms with van der Waals surface area (Å²) in [4.78, 5) is 11.8. The van der Waals surface area contributed by atoms with Crippen molar-refractivity contribution >= 4 is 29.3 Å². The summed E-state index contributed by atoms with van der Waals surface area (Å²) in [5, 5.41) is 3.40. The lowest BCUT2D eigenvalue weighted by Crippen LogP contribution is -2.07. The molecule has 0 bridgehead atoms. The van der Waals surface area contributed by atoms with E-state index in [2.05, 4.69) is 5.32 Å². The van der Waals surface area contributed by atoms with Crippen LogP contribution in [0.25, 0.3) is 6.08 Å². The standard InChI is InChI=1S/C17H16ClNO2/c1-12-11-13(3-9-16(12)21-2)4-10-17(20)19-15-7-5-14(18)6-8-15/h3-11H,1-2H3,(H,19,20). The molecule has 0 radical (unpaired) electrons. The fourth-order valence-electron chi connectivity index (χ4n) is 1.89. The van der Waals surface area contributed by atoms with Gasteiger partial charge in [-0.25, -0.2) is 0 Å². The molecule has 0 saturated carbocycles. The van der Waals surface area contributed by atoms with E-state index in [0.717, 1.165) is 16.9 Å². The number of methoxy groups -OCH3 is 1. The molecule has 0 saturated heterocycles. The monoisotopic (exact) mass is 301 g/mol. The third-order valence-electron chi connectivity index (χ3n) is 2.96. The lowest BCUT2D eigenvalue weighted by Gasteiger charge is -2.05. The number of aryl methyl sites for hydroxylation is 1. The first-order chi connectivity index (χ1) is 10.1. The van der Waals surface area contributed by atoms with Crippen LogP contribution < -0.4 is 10.1 Å². The highest BCUT2D eigenvalue weighted by Gasteiger charge is 2.00. The number of nitrogens with one attached hydrogen (secondary N) is 1. The summed E-state index contributed by atoms with van der Waals surface area (Å²) in [6.07, 6.45) is 3.26. The van der Waals surface area contributed by atoms with Gasteiger partial charge in [-0.05, 0) is 60.5 Å². The lowest BCUT2D eigenvalue weighted by molar-refractivity contribution is -0.111. The highest BCUT2D eigenvalue weighted by molar-refractivity contribution is 6.30. The van der Waals surface area contributed by atoms with Gasteiger partial charge in [-0.3, -0.25) is 4.79 Å². The van der Waals surface area contributed by atoms with Crippen molar-refractivity contribution in [1.82, 2.24) is 0 Å². The molecule has 2 rings (SSSR count). The Balaban J connectivity index is 2.01. The Bertz CT molecular complexity index is 663. The predicted molar refractivity (Wildman–Crippen MR) is 86.8 cm³/mol. The van der Waals surface area contributed by atoms with E-state index in [1.807, 2.05) is 25.1 Å². The minimum Gasteiger partial charge on any atom is -0.496 e. The molecule has 0 aliphatic rings. The van der Waals surface area contributed by atoms with Gasteiger partial charge in [0.1, 0.15) is 5.75 Å². The maximum Gasteiger partial charge on any atom is 0.248 e. The highest BCUT2D eigenvalue weighted by atomic mass is 35.5. The summed E-state index contributed by atoms with van der Waals surface area (Å²) in [6.45, 7) is 1.96. The van der Waals surface area contributed by atoms with Crippen LogP contribution in [0.3, 0.4) is 0 Å². The van der Waals surface area contributed by atoms with Gasteiger partial charge in [0.05, 0.1) is 7.11 Å². The number of hydrogen-bond donors (Lipinski definition) is 1. The van der Waals surface area contributed by atoms with E-state index in [1.54, 1.807) is 37.5 Å². The molecule has 108 valence electrons. The Hall–Kier alpha value is -2.26. The maximum absolute atomic E-state index is 11.8. The fourth-order valence-corrected chi connectivity index (χ4v) is 2.02. The third kappa shape index (κ3) is 4.36. The Morgan fingerprint density at radius 2 is 1.90 bits per heavy atom.